The largest absolute Gasteiger partial charge is 0.475 e. The van der Waals surface area contributed by atoms with Gasteiger partial charge in [-0.2, -0.15) is 0 Å². The number of aromatic amines is 1. The summed E-state index contributed by atoms with van der Waals surface area (Å²) in [6.45, 7) is 0. The van der Waals surface area contributed by atoms with Crippen LogP contribution in [0.4, 0.5) is 0 Å². The third-order valence-corrected chi connectivity index (χ3v) is 2.87. The number of nitrogens with two attached hydrogens (primary N) is 1. The van der Waals surface area contributed by atoms with E-state index in [1.165, 1.54) is 6.07 Å². The van der Waals surface area contributed by atoms with Crippen LogP contribution in [0.25, 0.3) is 11.3 Å². The molecular formula is C11H10N2O3. The van der Waals surface area contributed by atoms with Crippen LogP contribution in [-0.4, -0.2) is 16.1 Å². The van der Waals surface area contributed by atoms with Crippen LogP contribution in [0.3, 0.4) is 0 Å². The standard InChI is InChI=1S/C11H10N2O3/c12-7-4-8-5(1-2-13-8)10-6(7)3-9(16-10)11(14)15/h1-3,7,13H,4,12H2,(H,14,15). The van der Waals surface area contributed by atoms with Gasteiger partial charge in [0.2, 0.25) is 5.76 Å². The summed E-state index contributed by atoms with van der Waals surface area (Å²) in [4.78, 5) is 13.9. The number of hydrogen-bond donors (Lipinski definition) is 3. The minimum absolute atomic E-state index is 0.0606. The van der Waals surface area contributed by atoms with Crippen molar-refractivity contribution < 1.29 is 14.3 Å². The van der Waals surface area contributed by atoms with E-state index in [9.17, 15) is 4.79 Å². The molecule has 2 aromatic rings. The maximum absolute atomic E-state index is 10.8. The molecule has 1 unspecified atom stereocenters. The average molecular weight is 218 g/mol. The zero-order valence-electron chi connectivity index (χ0n) is 8.36. The van der Waals surface area contributed by atoms with E-state index in [0.29, 0.717) is 12.2 Å². The molecule has 0 radical (unpaired) electrons. The molecule has 0 aliphatic heterocycles. The molecule has 5 heteroatoms. The van der Waals surface area contributed by atoms with Crippen molar-refractivity contribution >= 4 is 5.97 Å². The second kappa shape index (κ2) is 2.99. The van der Waals surface area contributed by atoms with Crippen molar-refractivity contribution in [3.63, 3.8) is 0 Å². The van der Waals surface area contributed by atoms with E-state index in [0.717, 1.165) is 16.8 Å². The van der Waals surface area contributed by atoms with Gasteiger partial charge in [0, 0.05) is 35.5 Å². The summed E-state index contributed by atoms with van der Waals surface area (Å²) >= 11 is 0. The molecule has 0 amide bonds. The van der Waals surface area contributed by atoms with Crippen LogP contribution in [0.2, 0.25) is 0 Å². The van der Waals surface area contributed by atoms with E-state index in [1.807, 2.05) is 6.07 Å². The van der Waals surface area contributed by atoms with Crippen molar-refractivity contribution in [2.75, 3.05) is 0 Å². The first-order valence-electron chi connectivity index (χ1n) is 4.96. The molecule has 16 heavy (non-hydrogen) atoms. The van der Waals surface area contributed by atoms with E-state index in [-0.39, 0.29) is 11.8 Å². The average Bonchev–Trinajstić information content (AvgIpc) is 2.80. The van der Waals surface area contributed by atoms with Crippen molar-refractivity contribution in [2.45, 2.75) is 12.5 Å². The molecule has 1 aliphatic carbocycles. The first-order valence-corrected chi connectivity index (χ1v) is 4.96. The van der Waals surface area contributed by atoms with Gasteiger partial charge in [0.1, 0.15) is 5.76 Å². The SMILES string of the molecule is NC1Cc2[nH]ccc2-c2oc(C(=O)O)cc21. The predicted molar refractivity (Wildman–Crippen MR) is 56.1 cm³/mol. The van der Waals surface area contributed by atoms with Crippen LogP contribution >= 0.6 is 0 Å². The Balaban J connectivity index is 2.23. The highest BCUT2D eigenvalue weighted by molar-refractivity contribution is 5.86. The molecule has 1 aliphatic rings. The summed E-state index contributed by atoms with van der Waals surface area (Å²) in [5, 5.41) is 8.88. The van der Waals surface area contributed by atoms with Gasteiger partial charge >= 0.3 is 5.97 Å². The number of hydrogen-bond acceptors (Lipinski definition) is 3. The highest BCUT2D eigenvalue weighted by Crippen LogP contribution is 2.38. The number of aromatic carboxylic acids is 1. The molecule has 2 heterocycles. The van der Waals surface area contributed by atoms with Gasteiger partial charge in [-0.25, -0.2) is 4.79 Å². The first kappa shape index (κ1) is 9.23. The summed E-state index contributed by atoms with van der Waals surface area (Å²) < 4.78 is 5.32. The lowest BCUT2D eigenvalue weighted by Crippen LogP contribution is -2.17. The Kier molecular flexibility index (Phi) is 1.73. The van der Waals surface area contributed by atoms with E-state index < -0.39 is 5.97 Å². The highest BCUT2D eigenvalue weighted by atomic mass is 16.4. The lowest BCUT2D eigenvalue weighted by atomic mass is 9.92. The number of aromatic nitrogens is 1. The van der Waals surface area contributed by atoms with Crippen LogP contribution in [0.1, 0.15) is 27.9 Å². The molecule has 4 N–H and O–H groups in total. The molecule has 0 bridgehead atoms. The van der Waals surface area contributed by atoms with Gasteiger partial charge in [-0.05, 0) is 12.1 Å². The molecule has 0 spiro atoms. The minimum atomic E-state index is -1.07. The zero-order chi connectivity index (χ0) is 11.3. The molecule has 2 aromatic heterocycles. The zero-order valence-corrected chi connectivity index (χ0v) is 8.36. The van der Waals surface area contributed by atoms with Gasteiger partial charge in [-0.1, -0.05) is 0 Å². The number of rotatable bonds is 1. The highest BCUT2D eigenvalue weighted by Gasteiger charge is 2.28. The number of carboxylic acid groups (broad SMARTS) is 1. The Hall–Kier alpha value is -2.01. The summed E-state index contributed by atoms with van der Waals surface area (Å²) in [5.74, 6) is -0.555. The monoisotopic (exact) mass is 218 g/mol. The van der Waals surface area contributed by atoms with Crippen LogP contribution in [0.5, 0.6) is 0 Å². The minimum Gasteiger partial charge on any atom is -0.475 e. The summed E-state index contributed by atoms with van der Waals surface area (Å²) in [5.41, 5.74) is 8.63. The number of nitrogens with one attached hydrogen (secondary N) is 1. The van der Waals surface area contributed by atoms with Crippen molar-refractivity contribution in [3.8, 4) is 11.3 Å². The van der Waals surface area contributed by atoms with Crippen LogP contribution in [-0.2, 0) is 6.42 Å². The van der Waals surface area contributed by atoms with Crippen molar-refractivity contribution in [1.29, 1.82) is 0 Å². The molecule has 82 valence electrons. The maximum Gasteiger partial charge on any atom is 0.371 e. The Labute approximate surface area is 90.9 Å². The molecule has 0 fully saturated rings. The normalized spacial score (nSPS) is 17.9. The Morgan fingerprint density at radius 1 is 1.62 bits per heavy atom. The van der Waals surface area contributed by atoms with Crippen molar-refractivity contribution in [2.24, 2.45) is 5.73 Å². The fourth-order valence-corrected chi connectivity index (χ4v) is 2.11. The molecule has 5 nitrogen and oxygen atoms in total. The fourth-order valence-electron chi connectivity index (χ4n) is 2.11. The van der Waals surface area contributed by atoms with Crippen molar-refractivity contribution in [1.82, 2.24) is 4.98 Å². The van der Waals surface area contributed by atoms with Crippen LogP contribution in [0.15, 0.2) is 22.7 Å². The predicted octanol–water partition coefficient (Wildman–Crippen LogP) is 1.53. The van der Waals surface area contributed by atoms with E-state index >= 15 is 0 Å². The third-order valence-electron chi connectivity index (χ3n) is 2.87. The summed E-state index contributed by atoms with van der Waals surface area (Å²) in [7, 11) is 0. The fraction of sp³-hybridized carbons (Fsp3) is 0.182. The van der Waals surface area contributed by atoms with Gasteiger partial charge in [-0.15, -0.1) is 0 Å². The number of H-pyrrole nitrogens is 1. The van der Waals surface area contributed by atoms with E-state index in [2.05, 4.69) is 4.98 Å². The maximum atomic E-state index is 10.8. The molecule has 0 saturated heterocycles. The lowest BCUT2D eigenvalue weighted by Gasteiger charge is -2.17. The van der Waals surface area contributed by atoms with Gasteiger partial charge in [0.25, 0.3) is 0 Å². The lowest BCUT2D eigenvalue weighted by molar-refractivity contribution is 0.0663. The van der Waals surface area contributed by atoms with E-state index in [4.69, 9.17) is 15.3 Å². The van der Waals surface area contributed by atoms with Crippen LogP contribution in [0, 0.1) is 0 Å². The molecule has 1 atom stereocenters. The molecule has 0 aromatic carbocycles. The van der Waals surface area contributed by atoms with Gasteiger partial charge < -0.3 is 20.2 Å². The van der Waals surface area contributed by atoms with Gasteiger partial charge in [-0.3, -0.25) is 0 Å². The topological polar surface area (TPSA) is 92.3 Å². The molecule has 3 rings (SSSR count). The first-order chi connectivity index (χ1) is 7.66. The number of carboxylic acids is 1. The Bertz CT molecular complexity index is 568. The van der Waals surface area contributed by atoms with Crippen LogP contribution < -0.4 is 5.73 Å². The van der Waals surface area contributed by atoms with Crippen molar-refractivity contribution in [3.05, 3.63) is 35.3 Å². The molecular weight excluding hydrogens is 208 g/mol. The second-order valence-corrected chi connectivity index (χ2v) is 3.88. The summed E-state index contributed by atoms with van der Waals surface area (Å²) in [6.07, 6.45) is 2.48. The number of carbonyl (C=O) groups is 1. The van der Waals surface area contributed by atoms with Gasteiger partial charge in [0.05, 0.1) is 0 Å². The number of furan rings is 1. The molecule has 0 saturated carbocycles. The number of fused-ring (bicyclic) bond motifs is 3. The van der Waals surface area contributed by atoms with E-state index in [1.54, 1.807) is 6.20 Å². The third kappa shape index (κ3) is 1.12. The summed E-state index contributed by atoms with van der Waals surface area (Å²) in [6, 6.07) is 3.17. The Morgan fingerprint density at radius 2 is 2.44 bits per heavy atom. The smallest absolute Gasteiger partial charge is 0.371 e. The Morgan fingerprint density at radius 3 is 3.19 bits per heavy atom. The quantitative estimate of drug-likeness (QED) is 0.676. The van der Waals surface area contributed by atoms with Gasteiger partial charge in [0.15, 0.2) is 0 Å². The second-order valence-electron chi connectivity index (χ2n) is 3.88.